The molecule has 0 radical (unpaired) electrons. The third-order valence-corrected chi connectivity index (χ3v) is 11.3. The summed E-state index contributed by atoms with van der Waals surface area (Å²) in [6.45, 7) is 3.72. The van der Waals surface area contributed by atoms with E-state index in [-0.39, 0.29) is 38.6 Å². The third-order valence-electron chi connectivity index (χ3n) is 10.3. The van der Waals surface area contributed by atoms with Crippen LogP contribution in [0.5, 0.6) is 0 Å². The molecule has 10 heteroatoms. The first-order valence-electron chi connectivity index (χ1n) is 23.8. The van der Waals surface area contributed by atoms with E-state index in [4.69, 9.17) is 24.3 Å². The second-order valence-corrected chi connectivity index (χ2v) is 17.4. The summed E-state index contributed by atoms with van der Waals surface area (Å²) >= 11 is 0. The Morgan fingerprint density at radius 1 is 0.509 bits per heavy atom. The number of allylic oxidation sites excluding steroid dienone is 4. The van der Waals surface area contributed by atoms with Crippen LogP contribution in [0.25, 0.3) is 0 Å². The summed E-state index contributed by atoms with van der Waals surface area (Å²) in [5.41, 5.74) is 5.35. The van der Waals surface area contributed by atoms with Crippen molar-refractivity contribution in [2.45, 2.75) is 238 Å². The number of carbonyl (C=O) groups is 2. The Labute approximate surface area is 351 Å². The molecule has 0 aliphatic heterocycles. The van der Waals surface area contributed by atoms with Gasteiger partial charge in [-0.15, -0.1) is 0 Å². The molecule has 9 nitrogen and oxygen atoms in total. The smallest absolute Gasteiger partial charge is 0.462 e. The molecule has 0 rings (SSSR count). The quantitative estimate of drug-likeness (QED) is 0.0266. The van der Waals surface area contributed by atoms with Gasteiger partial charge in [0, 0.05) is 19.4 Å². The van der Waals surface area contributed by atoms with Gasteiger partial charge in [-0.2, -0.15) is 0 Å². The molecule has 0 spiro atoms. The van der Waals surface area contributed by atoms with Gasteiger partial charge >= 0.3 is 19.8 Å². The molecule has 0 aromatic carbocycles. The van der Waals surface area contributed by atoms with Crippen molar-refractivity contribution in [3.8, 4) is 0 Å². The predicted octanol–water partition coefficient (Wildman–Crippen LogP) is 13.9. The molecule has 0 saturated carbocycles. The van der Waals surface area contributed by atoms with Crippen LogP contribution >= 0.6 is 7.82 Å². The lowest BCUT2D eigenvalue weighted by molar-refractivity contribution is -0.161. The summed E-state index contributed by atoms with van der Waals surface area (Å²) in [7, 11) is -4.38. The molecule has 0 aliphatic carbocycles. The van der Waals surface area contributed by atoms with Gasteiger partial charge in [0.25, 0.3) is 0 Å². The largest absolute Gasteiger partial charge is 0.472 e. The van der Waals surface area contributed by atoms with Gasteiger partial charge < -0.3 is 20.1 Å². The first-order chi connectivity index (χ1) is 27.8. The Morgan fingerprint density at radius 3 is 1.35 bits per heavy atom. The molecule has 1 unspecified atom stereocenters. The van der Waals surface area contributed by atoms with Crippen molar-refractivity contribution >= 4 is 19.8 Å². The number of nitrogens with two attached hydrogens (primary N) is 1. The van der Waals surface area contributed by atoms with E-state index in [0.717, 1.165) is 44.9 Å². The van der Waals surface area contributed by atoms with E-state index in [1.54, 1.807) is 0 Å². The zero-order valence-electron chi connectivity index (χ0n) is 37.1. The fourth-order valence-corrected chi connectivity index (χ4v) is 7.54. The van der Waals surface area contributed by atoms with Gasteiger partial charge in [0.2, 0.25) is 0 Å². The highest BCUT2D eigenvalue weighted by Gasteiger charge is 2.26. The van der Waals surface area contributed by atoms with Crippen molar-refractivity contribution in [2.24, 2.45) is 5.73 Å². The standard InChI is InChI=1S/C47H90NO8P/c1-3-5-7-9-11-13-15-17-18-19-20-21-22-23-24-25-26-28-30-32-34-36-38-40-47(50)56-45(44-55-57(51,52)54-42-41-48)43-53-46(49)39-37-35-33-31-29-27-16-14-12-10-8-6-4-2/h25-26,32,34,45H,3-24,27-31,33,35-44,48H2,1-2H3,(H,51,52)/b26-25+,34-32+/t45-/m1/s1. The normalized spacial score (nSPS) is 13.4. The molecule has 0 heterocycles. The molecule has 0 bridgehead atoms. The van der Waals surface area contributed by atoms with Crippen LogP contribution in [0, 0.1) is 0 Å². The van der Waals surface area contributed by atoms with Crippen LogP contribution in [0.1, 0.15) is 232 Å². The van der Waals surface area contributed by atoms with Gasteiger partial charge in [-0.3, -0.25) is 18.6 Å². The Bertz CT molecular complexity index is 990. The lowest BCUT2D eigenvalue weighted by Gasteiger charge is -2.19. The predicted molar refractivity (Wildman–Crippen MR) is 238 cm³/mol. The highest BCUT2D eigenvalue weighted by Crippen LogP contribution is 2.43. The van der Waals surface area contributed by atoms with Crippen molar-refractivity contribution < 1.29 is 37.6 Å². The van der Waals surface area contributed by atoms with Gasteiger partial charge in [0.15, 0.2) is 6.10 Å². The highest BCUT2D eigenvalue weighted by molar-refractivity contribution is 7.47. The topological polar surface area (TPSA) is 134 Å². The summed E-state index contributed by atoms with van der Waals surface area (Å²) in [6, 6.07) is 0. The molecule has 0 amide bonds. The van der Waals surface area contributed by atoms with Gasteiger partial charge in [0.1, 0.15) is 6.61 Å². The number of unbranched alkanes of at least 4 members (excludes halogenated alkanes) is 28. The molecule has 0 fully saturated rings. The SMILES string of the molecule is CCCCCCCCCCCCCCCC/C=C/CC/C=C/CCCC(=O)O[C@H](COC(=O)CCCCCCCCCCCCCCC)COP(=O)(O)OCCN. The summed E-state index contributed by atoms with van der Waals surface area (Å²) in [5.74, 6) is -0.868. The van der Waals surface area contributed by atoms with Crippen molar-refractivity contribution in [2.75, 3.05) is 26.4 Å². The summed E-state index contributed by atoms with van der Waals surface area (Å²) in [4.78, 5) is 34.9. The number of carbonyl (C=O) groups excluding carboxylic acids is 2. The molecule has 57 heavy (non-hydrogen) atoms. The Hall–Kier alpha value is -1.51. The number of hydrogen-bond acceptors (Lipinski definition) is 8. The summed E-state index contributed by atoms with van der Waals surface area (Å²) in [6.07, 6.45) is 48.0. The van der Waals surface area contributed by atoms with E-state index < -0.39 is 26.5 Å². The number of phosphoric acid groups is 1. The van der Waals surface area contributed by atoms with Crippen LogP contribution in [0.3, 0.4) is 0 Å². The van der Waals surface area contributed by atoms with Gasteiger partial charge in [0.05, 0.1) is 13.2 Å². The van der Waals surface area contributed by atoms with Crippen LogP contribution in [-0.4, -0.2) is 49.3 Å². The lowest BCUT2D eigenvalue weighted by Crippen LogP contribution is -2.29. The molecular weight excluding hydrogens is 737 g/mol. The minimum atomic E-state index is -4.38. The van der Waals surface area contributed by atoms with Gasteiger partial charge in [-0.1, -0.05) is 199 Å². The van der Waals surface area contributed by atoms with Gasteiger partial charge in [-0.25, -0.2) is 4.57 Å². The molecule has 0 aromatic rings. The van der Waals surface area contributed by atoms with E-state index in [2.05, 4.69) is 38.2 Å². The second kappa shape index (κ2) is 44.1. The van der Waals surface area contributed by atoms with E-state index in [1.165, 1.54) is 154 Å². The molecule has 3 N–H and O–H groups in total. The second-order valence-electron chi connectivity index (χ2n) is 16.0. The van der Waals surface area contributed by atoms with Crippen molar-refractivity contribution in [3.63, 3.8) is 0 Å². The maximum absolute atomic E-state index is 12.6. The minimum absolute atomic E-state index is 0.0494. The molecule has 0 aromatic heterocycles. The number of rotatable bonds is 45. The van der Waals surface area contributed by atoms with Crippen molar-refractivity contribution in [3.05, 3.63) is 24.3 Å². The minimum Gasteiger partial charge on any atom is -0.462 e. The molecule has 0 saturated heterocycles. The molecule has 336 valence electrons. The third kappa shape index (κ3) is 43.9. The van der Waals surface area contributed by atoms with E-state index in [0.29, 0.717) is 6.42 Å². The van der Waals surface area contributed by atoms with Crippen LogP contribution in [0.4, 0.5) is 0 Å². The first-order valence-corrected chi connectivity index (χ1v) is 25.3. The van der Waals surface area contributed by atoms with Crippen molar-refractivity contribution in [1.82, 2.24) is 0 Å². The van der Waals surface area contributed by atoms with Crippen LogP contribution in [0.15, 0.2) is 24.3 Å². The number of esters is 2. The molecular formula is C47H90NO8P. The molecule has 0 aliphatic rings. The summed E-state index contributed by atoms with van der Waals surface area (Å²) in [5, 5.41) is 0. The fourth-order valence-electron chi connectivity index (χ4n) is 6.77. The average Bonchev–Trinajstić information content (AvgIpc) is 3.20. The number of phosphoric ester groups is 1. The van der Waals surface area contributed by atoms with Crippen LogP contribution < -0.4 is 5.73 Å². The summed E-state index contributed by atoms with van der Waals surface area (Å²) < 4.78 is 32.8. The van der Waals surface area contributed by atoms with E-state index in [1.807, 2.05) is 0 Å². The van der Waals surface area contributed by atoms with Crippen molar-refractivity contribution in [1.29, 1.82) is 0 Å². The maximum atomic E-state index is 12.6. The average molecular weight is 828 g/mol. The number of hydrogen-bond donors (Lipinski definition) is 2. The Morgan fingerprint density at radius 2 is 0.895 bits per heavy atom. The lowest BCUT2D eigenvalue weighted by atomic mass is 10.0. The maximum Gasteiger partial charge on any atom is 0.472 e. The number of ether oxygens (including phenoxy) is 2. The zero-order valence-corrected chi connectivity index (χ0v) is 38.0. The van der Waals surface area contributed by atoms with E-state index >= 15 is 0 Å². The Balaban J connectivity index is 4.10. The van der Waals surface area contributed by atoms with E-state index in [9.17, 15) is 19.0 Å². The highest BCUT2D eigenvalue weighted by atomic mass is 31.2. The first kappa shape index (κ1) is 55.5. The van der Waals surface area contributed by atoms with Crippen LogP contribution in [0.2, 0.25) is 0 Å². The fraction of sp³-hybridized carbons (Fsp3) is 0.872. The monoisotopic (exact) mass is 828 g/mol. The zero-order chi connectivity index (χ0) is 41.8. The Kier molecular flexibility index (Phi) is 42.9. The molecule has 2 atom stereocenters. The van der Waals surface area contributed by atoms with Gasteiger partial charge in [-0.05, 0) is 44.9 Å². The van der Waals surface area contributed by atoms with Crippen LogP contribution in [-0.2, 0) is 32.7 Å².